The van der Waals surface area contributed by atoms with Gasteiger partial charge in [-0.15, -0.1) is 0 Å². The average molecular weight is 386 g/mol. The maximum Gasteiger partial charge on any atom is 0.289 e. The van der Waals surface area contributed by atoms with Crippen LogP contribution in [0.4, 0.5) is 11.4 Å². The molecule has 0 aliphatic carbocycles. The lowest BCUT2D eigenvalue weighted by Gasteiger charge is -2.19. The van der Waals surface area contributed by atoms with Crippen molar-refractivity contribution in [2.45, 2.75) is 26.2 Å². The summed E-state index contributed by atoms with van der Waals surface area (Å²) in [6.07, 6.45) is 0. The van der Waals surface area contributed by atoms with Crippen LogP contribution < -0.4 is 10.9 Å². The second kappa shape index (κ2) is 7.82. The van der Waals surface area contributed by atoms with Crippen molar-refractivity contribution < 1.29 is 19.4 Å². The van der Waals surface area contributed by atoms with Gasteiger partial charge in [0, 0.05) is 11.6 Å². The molecule has 0 spiro atoms. The highest BCUT2D eigenvalue weighted by atomic mass is 16.6. The second-order valence-corrected chi connectivity index (χ2v) is 6.95. The lowest BCUT2D eigenvalue weighted by atomic mass is 9.87. The van der Waals surface area contributed by atoms with Crippen LogP contribution in [-0.2, 0) is 5.41 Å². The Bertz CT molecular complexity index is 948. The van der Waals surface area contributed by atoms with Crippen molar-refractivity contribution in [3.8, 4) is 0 Å². The molecule has 0 heterocycles. The first-order chi connectivity index (χ1) is 13.0. The summed E-state index contributed by atoms with van der Waals surface area (Å²) in [7, 11) is 0. The van der Waals surface area contributed by atoms with Crippen LogP contribution in [0.3, 0.4) is 0 Å². The first-order valence-corrected chi connectivity index (χ1v) is 8.15. The van der Waals surface area contributed by atoms with Gasteiger partial charge in [-0.05, 0) is 29.2 Å². The van der Waals surface area contributed by atoms with E-state index in [9.17, 15) is 29.8 Å². The number of hydrogen-bond donors (Lipinski definition) is 2. The van der Waals surface area contributed by atoms with E-state index in [2.05, 4.69) is 10.9 Å². The van der Waals surface area contributed by atoms with Crippen molar-refractivity contribution in [3.63, 3.8) is 0 Å². The summed E-state index contributed by atoms with van der Waals surface area (Å²) in [4.78, 5) is 44.4. The van der Waals surface area contributed by atoms with Crippen LogP contribution in [0.2, 0.25) is 0 Å². The molecule has 2 aromatic carbocycles. The van der Waals surface area contributed by atoms with E-state index in [1.807, 2.05) is 20.8 Å². The summed E-state index contributed by atoms with van der Waals surface area (Å²) in [6, 6.07) is 9.37. The minimum Gasteiger partial charge on any atom is -0.267 e. The monoisotopic (exact) mass is 386 g/mol. The number of carbonyl (C=O) groups is 2. The lowest BCUT2D eigenvalue weighted by molar-refractivity contribution is -0.394. The van der Waals surface area contributed by atoms with Gasteiger partial charge in [0.05, 0.1) is 15.9 Å². The predicted octanol–water partition coefficient (Wildman–Crippen LogP) is 2.88. The van der Waals surface area contributed by atoms with Gasteiger partial charge in [-0.25, -0.2) is 0 Å². The van der Waals surface area contributed by atoms with E-state index in [0.29, 0.717) is 6.07 Å². The van der Waals surface area contributed by atoms with Gasteiger partial charge in [-0.1, -0.05) is 32.9 Å². The Hall–Kier alpha value is -3.82. The van der Waals surface area contributed by atoms with Crippen molar-refractivity contribution in [1.29, 1.82) is 0 Å². The van der Waals surface area contributed by atoms with E-state index in [-0.39, 0.29) is 11.0 Å². The maximum absolute atomic E-state index is 12.2. The maximum atomic E-state index is 12.2. The molecule has 0 atom stereocenters. The Morgan fingerprint density at radius 2 is 1.43 bits per heavy atom. The van der Waals surface area contributed by atoms with Crippen molar-refractivity contribution in [3.05, 3.63) is 79.4 Å². The zero-order valence-electron chi connectivity index (χ0n) is 15.4. The predicted molar refractivity (Wildman–Crippen MR) is 99.8 cm³/mol. The van der Waals surface area contributed by atoms with Crippen LogP contribution in [0.1, 0.15) is 47.1 Å². The quantitative estimate of drug-likeness (QED) is 0.610. The third kappa shape index (κ3) is 4.67. The third-order valence-corrected chi connectivity index (χ3v) is 3.94. The molecule has 2 rings (SSSR count). The highest BCUT2D eigenvalue weighted by Gasteiger charge is 2.24. The van der Waals surface area contributed by atoms with Crippen molar-refractivity contribution in [2.75, 3.05) is 0 Å². The molecule has 0 unspecified atom stereocenters. The minimum absolute atomic E-state index is 0.0852. The van der Waals surface area contributed by atoms with E-state index in [1.165, 1.54) is 0 Å². The first-order valence-electron chi connectivity index (χ1n) is 8.15. The Balaban J connectivity index is 2.12. The van der Waals surface area contributed by atoms with Gasteiger partial charge in [-0.3, -0.25) is 40.7 Å². The number of amides is 2. The fourth-order valence-electron chi connectivity index (χ4n) is 2.35. The van der Waals surface area contributed by atoms with Crippen LogP contribution in [0.15, 0.2) is 42.5 Å². The molecule has 10 heteroatoms. The SMILES string of the molecule is CC(C)(C)c1ccc(C(=O)NNC(=O)c2ccc([N+](=O)[O-])cc2[N+](=O)[O-])cc1. The second-order valence-electron chi connectivity index (χ2n) is 6.95. The normalized spacial score (nSPS) is 10.8. The molecule has 0 bridgehead atoms. The Morgan fingerprint density at radius 1 is 0.857 bits per heavy atom. The number of hydrogen-bond acceptors (Lipinski definition) is 6. The largest absolute Gasteiger partial charge is 0.289 e. The number of rotatable bonds is 4. The molecular weight excluding hydrogens is 368 g/mol. The van der Waals surface area contributed by atoms with E-state index in [0.717, 1.165) is 17.7 Å². The zero-order chi connectivity index (χ0) is 21.1. The van der Waals surface area contributed by atoms with Gasteiger partial charge in [0.1, 0.15) is 5.56 Å². The summed E-state index contributed by atoms with van der Waals surface area (Å²) in [6.45, 7) is 6.08. The summed E-state index contributed by atoms with van der Waals surface area (Å²) in [5, 5.41) is 21.8. The molecule has 0 aliphatic heterocycles. The zero-order valence-corrected chi connectivity index (χ0v) is 15.4. The molecule has 2 N–H and O–H groups in total. The smallest absolute Gasteiger partial charge is 0.267 e. The van der Waals surface area contributed by atoms with E-state index < -0.39 is 38.6 Å². The molecule has 0 aliphatic rings. The molecular formula is C18H18N4O6. The molecule has 0 saturated heterocycles. The van der Waals surface area contributed by atoms with Gasteiger partial charge in [-0.2, -0.15) is 0 Å². The van der Waals surface area contributed by atoms with Gasteiger partial charge >= 0.3 is 0 Å². The Kier molecular flexibility index (Phi) is 5.73. The van der Waals surface area contributed by atoms with Gasteiger partial charge in [0.25, 0.3) is 23.2 Å². The van der Waals surface area contributed by atoms with Crippen LogP contribution >= 0.6 is 0 Å². The van der Waals surface area contributed by atoms with Crippen molar-refractivity contribution in [1.82, 2.24) is 10.9 Å². The third-order valence-electron chi connectivity index (χ3n) is 3.94. The molecule has 0 fully saturated rings. The Morgan fingerprint density at radius 3 is 1.93 bits per heavy atom. The topological polar surface area (TPSA) is 144 Å². The van der Waals surface area contributed by atoms with Crippen LogP contribution in [0, 0.1) is 20.2 Å². The molecule has 146 valence electrons. The van der Waals surface area contributed by atoms with Gasteiger partial charge in [0.2, 0.25) is 0 Å². The fourth-order valence-corrected chi connectivity index (χ4v) is 2.35. The number of hydrazine groups is 1. The molecule has 0 radical (unpaired) electrons. The minimum atomic E-state index is -0.971. The summed E-state index contributed by atoms with van der Waals surface area (Å²) in [5.41, 5.74) is 3.78. The van der Waals surface area contributed by atoms with Crippen LogP contribution in [0.25, 0.3) is 0 Å². The lowest BCUT2D eigenvalue weighted by Crippen LogP contribution is -2.41. The number of non-ortho nitro benzene ring substituents is 1. The molecule has 10 nitrogen and oxygen atoms in total. The van der Waals surface area contributed by atoms with Crippen LogP contribution in [-0.4, -0.2) is 21.7 Å². The molecule has 0 saturated carbocycles. The first kappa shape index (κ1) is 20.5. The Labute approximate surface area is 159 Å². The highest BCUT2D eigenvalue weighted by molar-refractivity contribution is 6.01. The van der Waals surface area contributed by atoms with Gasteiger partial charge in [0.15, 0.2) is 0 Å². The number of nitrogens with zero attached hydrogens (tertiary/aromatic N) is 2. The average Bonchev–Trinajstić information content (AvgIpc) is 2.64. The highest BCUT2D eigenvalue weighted by Crippen LogP contribution is 2.24. The van der Waals surface area contributed by atoms with Gasteiger partial charge < -0.3 is 0 Å². The number of nitro benzene ring substituents is 2. The molecule has 28 heavy (non-hydrogen) atoms. The van der Waals surface area contributed by atoms with E-state index in [4.69, 9.17) is 0 Å². The number of benzene rings is 2. The summed E-state index contributed by atoms with van der Waals surface area (Å²) < 4.78 is 0. The van der Waals surface area contributed by atoms with E-state index >= 15 is 0 Å². The number of nitrogens with one attached hydrogen (secondary N) is 2. The summed E-state index contributed by atoms with van der Waals surface area (Å²) >= 11 is 0. The van der Waals surface area contributed by atoms with Crippen molar-refractivity contribution >= 4 is 23.2 Å². The van der Waals surface area contributed by atoms with Crippen LogP contribution in [0.5, 0.6) is 0 Å². The fraction of sp³-hybridized carbons (Fsp3) is 0.222. The molecule has 2 aromatic rings. The van der Waals surface area contributed by atoms with Crippen molar-refractivity contribution in [2.24, 2.45) is 0 Å². The molecule has 0 aromatic heterocycles. The standard InChI is InChI=1S/C18H18N4O6/c1-18(2,3)12-6-4-11(5-7-12)16(23)19-20-17(24)14-9-8-13(21(25)26)10-15(14)22(27)28/h4-10H,1-3H3,(H,19,23)(H,20,24). The number of carbonyl (C=O) groups excluding carboxylic acids is 2. The number of nitro groups is 2. The van der Waals surface area contributed by atoms with E-state index in [1.54, 1.807) is 24.3 Å². The molecule has 2 amide bonds. The summed E-state index contributed by atoms with van der Waals surface area (Å²) in [5.74, 6) is -1.58.